The lowest BCUT2D eigenvalue weighted by Gasteiger charge is -2.05. The Hall–Kier alpha value is -2.15. The van der Waals surface area contributed by atoms with Crippen molar-refractivity contribution in [3.8, 4) is 0 Å². The normalized spacial score (nSPS) is 22.3. The molecule has 0 aliphatic heterocycles. The lowest BCUT2D eigenvalue weighted by atomic mass is 10.2. The van der Waals surface area contributed by atoms with Crippen molar-refractivity contribution in [1.82, 2.24) is 0 Å². The molecule has 2 aliphatic rings. The van der Waals surface area contributed by atoms with Crippen LogP contribution in [0.25, 0.3) is 0 Å². The van der Waals surface area contributed by atoms with Gasteiger partial charge in [-0.2, -0.15) is 0 Å². The molecule has 1 N–H and O–H groups in total. The van der Waals surface area contributed by atoms with Crippen LogP contribution in [0.2, 0.25) is 0 Å². The van der Waals surface area contributed by atoms with Crippen molar-refractivity contribution >= 4 is 17.9 Å². The van der Waals surface area contributed by atoms with Gasteiger partial charge in [0.15, 0.2) is 0 Å². The molecule has 2 aliphatic carbocycles. The van der Waals surface area contributed by atoms with Crippen molar-refractivity contribution in [2.75, 3.05) is 14.2 Å². The summed E-state index contributed by atoms with van der Waals surface area (Å²) in [6, 6.07) is 0. The third kappa shape index (κ3) is 6.23. The molecule has 0 aromatic heterocycles. The number of carbonyl (C=O) groups excluding carboxylic acids is 3. The summed E-state index contributed by atoms with van der Waals surface area (Å²) < 4.78 is 13.9. The van der Waals surface area contributed by atoms with Crippen LogP contribution in [0.1, 0.15) is 32.6 Å². The Morgan fingerprint density at radius 3 is 1.96 bits per heavy atom. The highest BCUT2D eigenvalue weighted by Gasteiger charge is 2.22. The smallest absolute Gasteiger partial charge is 0.333 e. The number of esters is 3. The van der Waals surface area contributed by atoms with E-state index in [0.717, 1.165) is 0 Å². The molecule has 7 nitrogen and oxygen atoms in total. The van der Waals surface area contributed by atoms with Crippen LogP contribution in [-0.4, -0.2) is 49.4 Å². The van der Waals surface area contributed by atoms with Gasteiger partial charge in [0.25, 0.3) is 0 Å². The zero-order valence-corrected chi connectivity index (χ0v) is 13.5. The SMILES string of the molecule is COC(=O)C1=C[C@@H](O)CC1.COC(=O)C1=C[C@@H](OC(C)=O)CC1. The van der Waals surface area contributed by atoms with Crippen molar-refractivity contribution in [3.63, 3.8) is 0 Å². The highest BCUT2D eigenvalue weighted by Crippen LogP contribution is 2.22. The number of ether oxygens (including phenoxy) is 3. The van der Waals surface area contributed by atoms with Crippen LogP contribution >= 0.6 is 0 Å². The van der Waals surface area contributed by atoms with E-state index in [4.69, 9.17) is 9.84 Å². The largest absolute Gasteiger partial charge is 0.466 e. The molecule has 128 valence electrons. The van der Waals surface area contributed by atoms with Crippen molar-refractivity contribution in [2.24, 2.45) is 0 Å². The Kier molecular flexibility index (Phi) is 7.47. The van der Waals surface area contributed by atoms with Gasteiger partial charge in [0.2, 0.25) is 0 Å². The van der Waals surface area contributed by atoms with Crippen LogP contribution < -0.4 is 0 Å². The van der Waals surface area contributed by atoms with E-state index in [1.165, 1.54) is 21.1 Å². The molecular formula is C16H22O7. The maximum absolute atomic E-state index is 11.0. The second-order valence-corrected chi connectivity index (χ2v) is 5.16. The minimum Gasteiger partial charge on any atom is -0.466 e. The maximum atomic E-state index is 11.0. The molecule has 0 bridgehead atoms. The third-order valence-electron chi connectivity index (χ3n) is 3.40. The lowest BCUT2D eigenvalue weighted by molar-refractivity contribution is -0.144. The first-order chi connectivity index (χ1) is 10.9. The first kappa shape index (κ1) is 18.9. The average molecular weight is 326 g/mol. The molecule has 0 amide bonds. The molecule has 0 fully saturated rings. The molecule has 0 radical (unpaired) electrons. The molecule has 0 heterocycles. The molecule has 23 heavy (non-hydrogen) atoms. The summed E-state index contributed by atoms with van der Waals surface area (Å²) in [7, 11) is 2.68. The fraction of sp³-hybridized carbons (Fsp3) is 0.562. The number of aliphatic hydroxyl groups is 1. The molecular weight excluding hydrogens is 304 g/mol. The Labute approximate surface area is 134 Å². The summed E-state index contributed by atoms with van der Waals surface area (Å²) in [5, 5.41) is 8.96. The third-order valence-corrected chi connectivity index (χ3v) is 3.40. The molecule has 0 aromatic carbocycles. The number of carbonyl (C=O) groups is 3. The van der Waals surface area contributed by atoms with Gasteiger partial charge in [0, 0.05) is 18.1 Å². The van der Waals surface area contributed by atoms with Crippen molar-refractivity contribution in [1.29, 1.82) is 0 Å². The quantitative estimate of drug-likeness (QED) is 0.611. The standard InChI is InChI=1S/C9H12O4.C7H10O3/c1-6(10)13-8-4-3-7(5-8)9(11)12-2;1-10-7(9)5-2-3-6(8)4-5/h5,8H,3-4H2,1-2H3;4,6,8H,2-3H2,1H3/t8-;6-/m00/s1. The van der Waals surface area contributed by atoms with Crippen LogP contribution in [0.15, 0.2) is 23.3 Å². The predicted octanol–water partition coefficient (Wildman–Crippen LogP) is 1.05. The number of hydrogen-bond acceptors (Lipinski definition) is 7. The monoisotopic (exact) mass is 326 g/mol. The maximum Gasteiger partial charge on any atom is 0.333 e. The summed E-state index contributed by atoms with van der Waals surface area (Å²) in [5.74, 6) is -0.987. The topological polar surface area (TPSA) is 99.1 Å². The number of hydrogen-bond donors (Lipinski definition) is 1. The highest BCUT2D eigenvalue weighted by molar-refractivity contribution is 5.89. The fourth-order valence-electron chi connectivity index (χ4n) is 2.30. The number of methoxy groups -OCH3 is 2. The van der Waals surface area contributed by atoms with Gasteiger partial charge in [-0.3, -0.25) is 4.79 Å². The van der Waals surface area contributed by atoms with Gasteiger partial charge >= 0.3 is 17.9 Å². The van der Waals surface area contributed by atoms with Crippen LogP contribution in [0.4, 0.5) is 0 Å². The van der Waals surface area contributed by atoms with E-state index < -0.39 is 6.10 Å². The van der Waals surface area contributed by atoms with Crippen LogP contribution in [0, 0.1) is 0 Å². The Bertz CT molecular complexity index is 519. The van der Waals surface area contributed by atoms with E-state index in [9.17, 15) is 14.4 Å². The van der Waals surface area contributed by atoms with Crippen LogP contribution in [0.5, 0.6) is 0 Å². The summed E-state index contributed by atoms with van der Waals surface area (Å²) >= 11 is 0. The summed E-state index contributed by atoms with van der Waals surface area (Å²) in [6.07, 6.45) is 5.05. The Morgan fingerprint density at radius 1 is 1.00 bits per heavy atom. The van der Waals surface area contributed by atoms with Gasteiger partial charge < -0.3 is 19.3 Å². The van der Waals surface area contributed by atoms with Crippen LogP contribution in [-0.2, 0) is 28.6 Å². The van der Waals surface area contributed by atoms with Crippen molar-refractivity contribution in [2.45, 2.75) is 44.8 Å². The second kappa shape index (κ2) is 9.09. The van der Waals surface area contributed by atoms with E-state index in [1.807, 2.05) is 0 Å². The van der Waals surface area contributed by atoms with Gasteiger partial charge in [-0.15, -0.1) is 0 Å². The zero-order valence-electron chi connectivity index (χ0n) is 13.5. The van der Waals surface area contributed by atoms with Gasteiger partial charge in [-0.25, -0.2) is 9.59 Å². The van der Waals surface area contributed by atoms with Crippen molar-refractivity contribution < 1.29 is 33.7 Å². The molecule has 7 heteroatoms. The van der Waals surface area contributed by atoms with Gasteiger partial charge in [-0.05, 0) is 37.8 Å². The van der Waals surface area contributed by atoms with Gasteiger partial charge in [-0.1, -0.05) is 0 Å². The van der Waals surface area contributed by atoms with E-state index in [-0.39, 0.29) is 24.0 Å². The molecule has 0 saturated carbocycles. The van der Waals surface area contributed by atoms with E-state index >= 15 is 0 Å². The fourth-order valence-corrected chi connectivity index (χ4v) is 2.30. The number of rotatable bonds is 3. The molecule has 2 atom stereocenters. The minimum atomic E-state index is -0.450. The molecule has 0 aromatic rings. The van der Waals surface area contributed by atoms with Gasteiger partial charge in [0.1, 0.15) is 6.10 Å². The average Bonchev–Trinajstić information content (AvgIpc) is 3.15. The zero-order chi connectivity index (χ0) is 17.4. The highest BCUT2D eigenvalue weighted by atomic mass is 16.5. The first-order valence-corrected chi connectivity index (χ1v) is 7.30. The van der Waals surface area contributed by atoms with Gasteiger partial charge in [0.05, 0.1) is 20.3 Å². The minimum absolute atomic E-state index is 0.258. The Morgan fingerprint density at radius 2 is 1.52 bits per heavy atom. The summed E-state index contributed by atoms with van der Waals surface area (Å²) in [4.78, 5) is 32.4. The molecule has 2 rings (SSSR count). The predicted molar refractivity (Wildman–Crippen MR) is 80.2 cm³/mol. The number of aliphatic hydroxyl groups excluding tert-OH is 1. The summed E-state index contributed by atoms with van der Waals surface area (Å²) in [5.41, 5.74) is 1.18. The van der Waals surface area contributed by atoms with E-state index in [0.29, 0.717) is 36.8 Å². The van der Waals surface area contributed by atoms with E-state index in [2.05, 4.69) is 9.47 Å². The van der Waals surface area contributed by atoms with Crippen molar-refractivity contribution in [3.05, 3.63) is 23.3 Å². The molecule has 0 spiro atoms. The lowest BCUT2D eigenvalue weighted by Crippen LogP contribution is -2.10. The molecule has 0 unspecified atom stereocenters. The molecule has 0 saturated heterocycles. The first-order valence-electron chi connectivity index (χ1n) is 7.30. The second-order valence-electron chi connectivity index (χ2n) is 5.16. The Balaban J connectivity index is 0.000000238. The summed E-state index contributed by atoms with van der Waals surface area (Å²) in [6.45, 7) is 1.35. The van der Waals surface area contributed by atoms with E-state index in [1.54, 1.807) is 12.2 Å². The van der Waals surface area contributed by atoms with Crippen LogP contribution in [0.3, 0.4) is 0 Å².